The minimum atomic E-state index is -0.841. The van der Waals surface area contributed by atoms with Crippen LogP contribution in [0.3, 0.4) is 0 Å². The average molecular weight is 439 g/mol. The predicted octanol–water partition coefficient (Wildman–Crippen LogP) is 3.24. The van der Waals surface area contributed by atoms with E-state index in [9.17, 15) is 8.78 Å². The number of hydrogen-bond acceptors (Lipinski definition) is 2. The van der Waals surface area contributed by atoms with E-state index in [1.54, 1.807) is 6.07 Å². The third-order valence-corrected chi connectivity index (χ3v) is 3.66. The molecule has 1 saturated heterocycles. The number of guanidine groups is 1. The number of aliphatic imine (C=N–C) groups is 1. The van der Waals surface area contributed by atoms with Crippen molar-refractivity contribution in [1.29, 1.82) is 0 Å². The van der Waals surface area contributed by atoms with E-state index >= 15 is 0 Å². The quantitative estimate of drug-likeness (QED) is 0.421. The molecule has 0 spiro atoms. The van der Waals surface area contributed by atoms with Crippen LogP contribution < -0.4 is 10.6 Å². The van der Waals surface area contributed by atoms with Crippen molar-refractivity contribution in [2.75, 3.05) is 26.3 Å². The first-order valence-corrected chi connectivity index (χ1v) is 7.51. The Morgan fingerprint density at radius 2 is 2.04 bits per heavy atom. The summed E-state index contributed by atoms with van der Waals surface area (Å²) in [5.74, 6) is -1.02. The van der Waals surface area contributed by atoms with E-state index in [1.165, 1.54) is 6.07 Å². The third kappa shape index (κ3) is 5.56. The van der Waals surface area contributed by atoms with E-state index in [0.717, 1.165) is 12.6 Å². The van der Waals surface area contributed by atoms with Gasteiger partial charge in [-0.2, -0.15) is 0 Å². The summed E-state index contributed by atoms with van der Waals surface area (Å²) in [5, 5.41) is 6.37. The Hall–Kier alpha value is -0.960. The maximum absolute atomic E-state index is 13.3. The highest BCUT2D eigenvalue weighted by Crippen LogP contribution is 2.26. The molecule has 2 N–H and O–H groups in total. The van der Waals surface area contributed by atoms with E-state index in [0.29, 0.717) is 31.3 Å². The molecule has 23 heavy (non-hydrogen) atoms. The van der Waals surface area contributed by atoms with Crippen LogP contribution in [-0.2, 0) is 4.74 Å². The Morgan fingerprint density at radius 1 is 1.35 bits per heavy atom. The van der Waals surface area contributed by atoms with Crippen LogP contribution in [0.5, 0.6) is 0 Å². The van der Waals surface area contributed by atoms with Crippen molar-refractivity contribution in [3.63, 3.8) is 0 Å². The molecule has 2 rings (SSSR count). The summed E-state index contributed by atoms with van der Waals surface area (Å²) in [4.78, 5) is 4.56. The minimum Gasteiger partial charge on any atom is -0.380 e. The van der Waals surface area contributed by atoms with Crippen molar-refractivity contribution in [3.05, 3.63) is 35.4 Å². The molecular formula is C16H24F2IN3O. The zero-order valence-corrected chi connectivity index (χ0v) is 16.0. The van der Waals surface area contributed by atoms with Crippen LogP contribution >= 0.6 is 24.0 Å². The molecule has 0 saturated carbocycles. The van der Waals surface area contributed by atoms with Crippen molar-refractivity contribution in [3.8, 4) is 0 Å². The van der Waals surface area contributed by atoms with Crippen molar-refractivity contribution >= 4 is 29.9 Å². The molecule has 1 unspecified atom stereocenters. The molecule has 4 nitrogen and oxygen atoms in total. The zero-order chi connectivity index (χ0) is 16.2. The number of benzene rings is 1. The summed E-state index contributed by atoms with van der Waals surface area (Å²) in [6.07, 6.45) is 0. The molecule has 0 amide bonds. The lowest BCUT2D eigenvalue weighted by Crippen LogP contribution is -2.44. The highest BCUT2D eigenvalue weighted by molar-refractivity contribution is 14.0. The first-order valence-electron chi connectivity index (χ1n) is 7.51. The normalized spacial score (nSPS) is 17.7. The first kappa shape index (κ1) is 20.1. The lowest BCUT2D eigenvalue weighted by atomic mass is 9.89. The molecule has 1 fully saturated rings. The molecule has 1 aliphatic heterocycles. The number of nitrogens with zero attached hydrogens (tertiary/aromatic N) is 1. The standard InChI is InChI=1S/C16H23F2N3O.HI/c1-4-19-15(20-8-16(3)9-22-10-16)21-11(2)12-5-6-13(17)14(18)7-12;/h5-7,11H,4,8-10H2,1-3H3,(H2,19,20,21);1H. The van der Waals surface area contributed by atoms with E-state index in [-0.39, 0.29) is 35.4 Å². The van der Waals surface area contributed by atoms with Crippen molar-refractivity contribution in [2.45, 2.75) is 26.8 Å². The van der Waals surface area contributed by atoms with Gasteiger partial charge in [-0.05, 0) is 31.5 Å². The lowest BCUT2D eigenvalue weighted by Gasteiger charge is -2.36. The van der Waals surface area contributed by atoms with E-state index in [2.05, 4.69) is 22.5 Å². The second-order valence-electron chi connectivity index (χ2n) is 6.04. The maximum atomic E-state index is 13.3. The smallest absolute Gasteiger partial charge is 0.191 e. The fraction of sp³-hybridized carbons (Fsp3) is 0.562. The molecule has 1 aromatic rings. The molecular weight excluding hydrogens is 415 g/mol. The van der Waals surface area contributed by atoms with Gasteiger partial charge in [0.05, 0.1) is 25.8 Å². The monoisotopic (exact) mass is 439 g/mol. The van der Waals surface area contributed by atoms with Gasteiger partial charge in [0.2, 0.25) is 0 Å². The average Bonchev–Trinajstić information content (AvgIpc) is 2.45. The number of nitrogens with one attached hydrogen (secondary N) is 2. The number of halogens is 3. The van der Waals surface area contributed by atoms with Gasteiger partial charge in [-0.25, -0.2) is 8.78 Å². The molecule has 0 aromatic heterocycles. The molecule has 1 atom stereocenters. The van der Waals surface area contributed by atoms with Gasteiger partial charge in [-0.3, -0.25) is 4.99 Å². The van der Waals surface area contributed by atoms with Crippen molar-refractivity contribution < 1.29 is 13.5 Å². The number of rotatable bonds is 5. The summed E-state index contributed by atoms with van der Waals surface area (Å²) in [6, 6.07) is 3.73. The van der Waals surface area contributed by atoms with Crippen LogP contribution in [0.15, 0.2) is 23.2 Å². The lowest BCUT2D eigenvalue weighted by molar-refractivity contribution is -0.0945. The Bertz CT molecular complexity index is 550. The zero-order valence-electron chi connectivity index (χ0n) is 13.7. The fourth-order valence-corrected chi connectivity index (χ4v) is 2.20. The molecule has 7 heteroatoms. The Kier molecular flexibility index (Phi) is 7.66. The van der Waals surface area contributed by atoms with Gasteiger partial charge in [0, 0.05) is 12.0 Å². The summed E-state index contributed by atoms with van der Waals surface area (Å²) in [7, 11) is 0. The second kappa shape index (κ2) is 8.77. The topological polar surface area (TPSA) is 45.7 Å². The second-order valence-corrected chi connectivity index (χ2v) is 6.04. The van der Waals surface area contributed by atoms with E-state index in [4.69, 9.17) is 4.74 Å². The molecule has 0 aliphatic carbocycles. The minimum absolute atomic E-state index is 0. The Balaban J connectivity index is 0.00000264. The van der Waals surface area contributed by atoms with Crippen LogP contribution in [0.2, 0.25) is 0 Å². The highest BCUT2D eigenvalue weighted by atomic mass is 127. The summed E-state index contributed by atoms with van der Waals surface area (Å²) < 4.78 is 31.5. The molecule has 0 bridgehead atoms. The Morgan fingerprint density at radius 3 is 2.57 bits per heavy atom. The molecule has 1 aromatic carbocycles. The van der Waals surface area contributed by atoms with Gasteiger partial charge in [0.25, 0.3) is 0 Å². The van der Waals surface area contributed by atoms with Gasteiger partial charge in [-0.1, -0.05) is 13.0 Å². The number of ether oxygens (including phenoxy) is 1. The molecule has 130 valence electrons. The van der Waals surface area contributed by atoms with E-state index in [1.807, 2.05) is 13.8 Å². The van der Waals surface area contributed by atoms with Crippen LogP contribution in [0, 0.1) is 17.0 Å². The summed E-state index contributed by atoms with van der Waals surface area (Å²) >= 11 is 0. The predicted molar refractivity (Wildman–Crippen MR) is 98.2 cm³/mol. The van der Waals surface area contributed by atoms with Crippen molar-refractivity contribution in [1.82, 2.24) is 10.6 Å². The van der Waals surface area contributed by atoms with Crippen molar-refractivity contribution in [2.24, 2.45) is 10.4 Å². The largest absolute Gasteiger partial charge is 0.380 e. The van der Waals surface area contributed by atoms with Crippen LogP contribution in [0.25, 0.3) is 0 Å². The SMILES string of the molecule is CCNC(=NCC1(C)COC1)NC(C)c1ccc(F)c(F)c1.I. The van der Waals surface area contributed by atoms with Gasteiger partial charge >= 0.3 is 0 Å². The van der Waals surface area contributed by atoms with Crippen LogP contribution in [0.1, 0.15) is 32.4 Å². The highest BCUT2D eigenvalue weighted by Gasteiger charge is 2.33. The molecule has 1 heterocycles. The summed E-state index contributed by atoms with van der Waals surface area (Å²) in [6.45, 7) is 8.81. The fourth-order valence-electron chi connectivity index (χ4n) is 2.20. The van der Waals surface area contributed by atoms with Gasteiger partial charge in [0.1, 0.15) is 0 Å². The number of hydrogen-bond donors (Lipinski definition) is 2. The Labute approximate surface area is 153 Å². The third-order valence-electron chi connectivity index (χ3n) is 3.66. The molecule has 0 radical (unpaired) electrons. The van der Waals surface area contributed by atoms with Crippen LogP contribution in [-0.4, -0.2) is 32.3 Å². The summed E-state index contributed by atoms with van der Waals surface area (Å²) in [5.41, 5.74) is 0.760. The van der Waals surface area contributed by atoms with Crippen LogP contribution in [0.4, 0.5) is 8.78 Å². The van der Waals surface area contributed by atoms with Gasteiger partial charge in [0.15, 0.2) is 17.6 Å². The first-order chi connectivity index (χ1) is 10.4. The van der Waals surface area contributed by atoms with E-state index < -0.39 is 11.6 Å². The van der Waals surface area contributed by atoms with Gasteiger partial charge in [-0.15, -0.1) is 24.0 Å². The maximum Gasteiger partial charge on any atom is 0.191 e. The molecule has 1 aliphatic rings. The van der Waals surface area contributed by atoms with Gasteiger partial charge < -0.3 is 15.4 Å².